The third kappa shape index (κ3) is 2.77. The molecule has 2 heterocycles. The summed E-state index contributed by atoms with van der Waals surface area (Å²) in [5.74, 6) is -0.0510. The smallest absolute Gasteiger partial charge is 0.288 e. The van der Waals surface area contributed by atoms with Gasteiger partial charge in [-0.2, -0.15) is 0 Å². The summed E-state index contributed by atoms with van der Waals surface area (Å²) >= 11 is 6.24. The highest BCUT2D eigenvalue weighted by molar-refractivity contribution is 7.91. The molecule has 0 bridgehead atoms. The molecule has 0 saturated carbocycles. The van der Waals surface area contributed by atoms with E-state index in [2.05, 4.69) is 0 Å². The Labute approximate surface area is 158 Å². The molecule has 0 aromatic heterocycles. The third-order valence-electron chi connectivity index (χ3n) is 5.11. The Hall–Kier alpha value is -2.05. The van der Waals surface area contributed by atoms with Crippen LogP contribution in [0.1, 0.15) is 11.1 Å². The van der Waals surface area contributed by atoms with Gasteiger partial charge in [0.1, 0.15) is 0 Å². The molecule has 0 spiro atoms. The number of fused-ring (bicyclic) bond motifs is 1. The van der Waals surface area contributed by atoms with Crippen LogP contribution in [0.3, 0.4) is 0 Å². The summed E-state index contributed by atoms with van der Waals surface area (Å²) in [7, 11) is -3.21. The number of carbonyl (C=O) groups is 1. The second-order valence-corrected chi connectivity index (χ2v) is 9.56. The second-order valence-electron chi connectivity index (χ2n) is 7.00. The highest BCUT2D eigenvalue weighted by atomic mass is 35.5. The third-order valence-corrected chi connectivity index (χ3v) is 7.22. The molecule has 2 aromatic rings. The van der Waals surface area contributed by atoms with Gasteiger partial charge in [-0.3, -0.25) is 9.80 Å². The fourth-order valence-corrected chi connectivity index (χ4v) is 5.84. The number of hydrogen-bond donors (Lipinski definition) is 0. The lowest BCUT2D eigenvalue weighted by Gasteiger charge is -2.23. The highest BCUT2D eigenvalue weighted by Gasteiger charge is 2.54. The Morgan fingerprint density at radius 2 is 1.46 bits per heavy atom. The van der Waals surface area contributed by atoms with E-state index >= 15 is 0 Å². The molecule has 26 heavy (non-hydrogen) atoms. The number of aryl methyl sites for hydroxylation is 2. The van der Waals surface area contributed by atoms with Crippen LogP contribution in [-0.4, -0.2) is 38.0 Å². The van der Waals surface area contributed by atoms with E-state index in [0.29, 0.717) is 16.4 Å². The molecule has 2 aliphatic heterocycles. The molecule has 2 aromatic carbocycles. The van der Waals surface area contributed by atoms with Crippen LogP contribution in [0.15, 0.2) is 42.5 Å². The van der Waals surface area contributed by atoms with Crippen LogP contribution in [0, 0.1) is 13.8 Å². The number of benzene rings is 2. The van der Waals surface area contributed by atoms with Gasteiger partial charge in [0.2, 0.25) is 0 Å². The summed E-state index contributed by atoms with van der Waals surface area (Å²) in [6, 6.07) is 12.0. The van der Waals surface area contributed by atoms with Gasteiger partial charge in [0.15, 0.2) is 9.84 Å². The lowest BCUT2D eigenvalue weighted by molar-refractivity contribution is 0.255. The lowest BCUT2D eigenvalue weighted by Crippen LogP contribution is -2.37. The minimum Gasteiger partial charge on any atom is -0.288 e. The van der Waals surface area contributed by atoms with Gasteiger partial charge in [-0.05, 0) is 43.7 Å². The molecule has 0 aliphatic carbocycles. The maximum Gasteiger partial charge on any atom is 0.329 e. The first-order valence-electron chi connectivity index (χ1n) is 8.42. The zero-order valence-electron chi connectivity index (χ0n) is 14.5. The predicted octanol–water partition coefficient (Wildman–Crippen LogP) is 3.57. The van der Waals surface area contributed by atoms with Crippen molar-refractivity contribution in [1.82, 2.24) is 0 Å². The summed E-state index contributed by atoms with van der Waals surface area (Å²) in [4.78, 5) is 16.4. The first-order valence-corrected chi connectivity index (χ1v) is 10.6. The molecule has 2 fully saturated rings. The van der Waals surface area contributed by atoms with Crippen molar-refractivity contribution < 1.29 is 13.2 Å². The van der Waals surface area contributed by atoms with Crippen molar-refractivity contribution in [2.24, 2.45) is 0 Å². The normalized spacial score (nSPS) is 24.2. The van der Waals surface area contributed by atoms with E-state index in [4.69, 9.17) is 11.6 Å². The fourth-order valence-electron chi connectivity index (χ4n) is 3.74. The van der Waals surface area contributed by atoms with Gasteiger partial charge in [-0.15, -0.1) is 0 Å². The van der Waals surface area contributed by atoms with Gasteiger partial charge >= 0.3 is 6.03 Å². The maximum absolute atomic E-state index is 13.2. The van der Waals surface area contributed by atoms with Crippen molar-refractivity contribution >= 4 is 38.8 Å². The zero-order valence-corrected chi connectivity index (χ0v) is 16.1. The Morgan fingerprint density at radius 3 is 2.04 bits per heavy atom. The number of rotatable bonds is 2. The number of anilines is 2. The fraction of sp³-hybridized carbons (Fsp3) is 0.316. The number of urea groups is 1. The highest BCUT2D eigenvalue weighted by Crippen LogP contribution is 2.38. The van der Waals surface area contributed by atoms with Gasteiger partial charge in [-0.1, -0.05) is 35.4 Å². The van der Waals surface area contributed by atoms with Crippen molar-refractivity contribution in [1.29, 1.82) is 0 Å². The molecule has 0 radical (unpaired) electrons. The minimum atomic E-state index is -3.21. The van der Waals surface area contributed by atoms with Crippen LogP contribution in [0.4, 0.5) is 16.2 Å². The first kappa shape index (κ1) is 17.4. The molecule has 2 amide bonds. The molecule has 4 rings (SSSR count). The largest absolute Gasteiger partial charge is 0.329 e. The summed E-state index contributed by atoms with van der Waals surface area (Å²) in [6.07, 6.45) is 0. The topological polar surface area (TPSA) is 57.7 Å². The van der Waals surface area contributed by atoms with E-state index in [1.165, 1.54) is 0 Å². The summed E-state index contributed by atoms with van der Waals surface area (Å²) in [5.41, 5.74) is 3.34. The summed E-state index contributed by atoms with van der Waals surface area (Å²) in [5, 5.41) is 0.557. The van der Waals surface area contributed by atoms with Crippen LogP contribution in [-0.2, 0) is 9.84 Å². The Bertz CT molecular complexity index is 988. The monoisotopic (exact) mass is 390 g/mol. The Morgan fingerprint density at radius 1 is 0.923 bits per heavy atom. The van der Waals surface area contributed by atoms with Gasteiger partial charge in [0, 0.05) is 16.4 Å². The first-order chi connectivity index (χ1) is 12.3. The van der Waals surface area contributed by atoms with Gasteiger partial charge in [0.05, 0.1) is 23.6 Å². The quantitative estimate of drug-likeness (QED) is 0.736. The standard InChI is InChI=1S/C19H19ClN2O3S/c1-12-3-6-14(7-4-12)21-17-10-26(24,25)11-18(17)22(19(21)23)15-8-5-13(2)16(20)9-15/h3-9,17-18H,10-11H2,1-2H3. The van der Waals surface area contributed by atoms with Crippen LogP contribution in [0.2, 0.25) is 5.02 Å². The zero-order chi connectivity index (χ0) is 18.6. The SMILES string of the molecule is Cc1ccc(N2C(=O)N(c3ccc(C)c(Cl)c3)C3CS(=O)(=O)CC32)cc1. The van der Waals surface area contributed by atoms with Crippen molar-refractivity contribution in [3.8, 4) is 0 Å². The molecule has 2 aliphatic rings. The molecular weight excluding hydrogens is 372 g/mol. The van der Waals surface area contributed by atoms with Gasteiger partial charge in [0.25, 0.3) is 0 Å². The van der Waals surface area contributed by atoms with Crippen molar-refractivity contribution in [3.63, 3.8) is 0 Å². The Kier molecular flexibility index (Phi) is 4.00. The lowest BCUT2D eigenvalue weighted by atomic mass is 10.1. The van der Waals surface area contributed by atoms with Gasteiger partial charge < -0.3 is 0 Å². The molecule has 2 unspecified atom stereocenters. The van der Waals surface area contributed by atoms with Crippen molar-refractivity contribution in [3.05, 3.63) is 58.6 Å². The van der Waals surface area contributed by atoms with E-state index in [9.17, 15) is 13.2 Å². The number of halogens is 1. The molecule has 7 heteroatoms. The summed E-state index contributed by atoms with van der Waals surface area (Å²) in [6.45, 7) is 3.86. The number of carbonyl (C=O) groups excluding carboxylic acids is 1. The molecule has 5 nitrogen and oxygen atoms in total. The number of sulfone groups is 1. The molecular formula is C19H19ClN2O3S. The van der Waals surface area contributed by atoms with Crippen LogP contribution < -0.4 is 9.80 Å². The van der Waals surface area contributed by atoms with E-state index < -0.39 is 21.9 Å². The van der Waals surface area contributed by atoms with E-state index in [0.717, 1.165) is 11.1 Å². The predicted molar refractivity (Wildman–Crippen MR) is 104 cm³/mol. The van der Waals surface area contributed by atoms with Crippen LogP contribution in [0.5, 0.6) is 0 Å². The average molecular weight is 391 g/mol. The minimum absolute atomic E-state index is 0.0205. The van der Waals surface area contributed by atoms with Crippen LogP contribution in [0.25, 0.3) is 0 Å². The molecule has 2 atom stereocenters. The molecule has 136 valence electrons. The summed E-state index contributed by atoms with van der Waals surface area (Å²) < 4.78 is 24.6. The second kappa shape index (κ2) is 5.99. The Balaban J connectivity index is 1.81. The van der Waals surface area contributed by atoms with Gasteiger partial charge in [-0.25, -0.2) is 13.2 Å². The van der Waals surface area contributed by atoms with E-state index in [-0.39, 0.29) is 17.5 Å². The average Bonchev–Trinajstić information content (AvgIpc) is 3.00. The number of hydrogen-bond acceptors (Lipinski definition) is 3. The maximum atomic E-state index is 13.2. The van der Waals surface area contributed by atoms with Crippen LogP contribution >= 0.6 is 11.6 Å². The van der Waals surface area contributed by atoms with E-state index in [1.54, 1.807) is 15.9 Å². The molecule has 2 saturated heterocycles. The van der Waals surface area contributed by atoms with E-state index in [1.807, 2.05) is 50.2 Å². The van der Waals surface area contributed by atoms with Crippen molar-refractivity contribution in [2.75, 3.05) is 21.3 Å². The number of amides is 2. The van der Waals surface area contributed by atoms with Crippen molar-refractivity contribution in [2.45, 2.75) is 25.9 Å². The molecule has 0 N–H and O–H groups in total. The number of nitrogens with zero attached hydrogens (tertiary/aromatic N) is 2.